The Hall–Kier alpha value is -4.18. The van der Waals surface area contributed by atoms with Gasteiger partial charge in [-0.3, -0.25) is 14.2 Å². The van der Waals surface area contributed by atoms with Gasteiger partial charge in [0.1, 0.15) is 17.4 Å². The molecule has 0 unspecified atom stereocenters. The molecule has 1 amide bonds. The molecule has 5 heterocycles. The highest BCUT2D eigenvalue weighted by Crippen LogP contribution is 2.40. The number of hydrogen-bond donors (Lipinski definition) is 2. The topological polar surface area (TPSA) is 120 Å². The van der Waals surface area contributed by atoms with E-state index in [4.69, 9.17) is 5.10 Å². The minimum atomic E-state index is -4.64. The van der Waals surface area contributed by atoms with Crippen molar-refractivity contribution < 1.29 is 18.0 Å². The van der Waals surface area contributed by atoms with E-state index in [1.54, 1.807) is 24.0 Å². The number of nitrogens with one attached hydrogen (secondary N) is 2. The summed E-state index contributed by atoms with van der Waals surface area (Å²) in [7, 11) is 1.62. The molecule has 2 N–H and O–H groups in total. The Morgan fingerprint density at radius 3 is 2.69 bits per heavy atom. The number of alkyl halides is 3. The fourth-order valence-corrected chi connectivity index (χ4v) is 5.13. The van der Waals surface area contributed by atoms with Crippen molar-refractivity contribution in [1.29, 1.82) is 5.26 Å². The molecule has 0 aliphatic carbocycles. The number of carbonyl (C=O) groups is 1. The highest BCUT2D eigenvalue weighted by atomic mass is 19.4. The lowest BCUT2D eigenvalue weighted by atomic mass is 10.00. The molecule has 13 heteroatoms. The average molecular weight is 540 g/mol. The van der Waals surface area contributed by atoms with Crippen LogP contribution >= 0.6 is 0 Å². The van der Waals surface area contributed by atoms with Crippen LogP contribution in [0, 0.1) is 11.3 Å². The van der Waals surface area contributed by atoms with E-state index in [1.165, 1.54) is 22.0 Å². The molecular formula is C26H28F3N9O. The number of H-pyrrole nitrogens is 1. The molecule has 0 saturated carbocycles. The van der Waals surface area contributed by atoms with Crippen LogP contribution in [0.25, 0.3) is 33.3 Å². The van der Waals surface area contributed by atoms with E-state index in [9.17, 15) is 23.2 Å². The molecule has 1 aliphatic rings. The van der Waals surface area contributed by atoms with Gasteiger partial charge in [0, 0.05) is 59.8 Å². The number of pyridine rings is 1. The van der Waals surface area contributed by atoms with E-state index in [-0.39, 0.29) is 18.2 Å². The Balaban J connectivity index is 1.68. The van der Waals surface area contributed by atoms with E-state index in [2.05, 4.69) is 26.5 Å². The van der Waals surface area contributed by atoms with Crippen molar-refractivity contribution in [3.8, 4) is 28.3 Å². The number of piperidine rings is 1. The lowest BCUT2D eigenvalue weighted by Crippen LogP contribution is -2.30. The number of amides is 1. The number of fused-ring (bicyclic) bond motifs is 1. The molecule has 0 radical (unpaired) electrons. The largest absolute Gasteiger partial charge is 0.435 e. The van der Waals surface area contributed by atoms with Crippen LogP contribution in [-0.2, 0) is 24.1 Å². The molecule has 204 valence electrons. The summed E-state index contributed by atoms with van der Waals surface area (Å²) in [5.74, 6) is 0. The maximum atomic E-state index is 13.9. The zero-order valence-electron chi connectivity index (χ0n) is 21.6. The van der Waals surface area contributed by atoms with Crippen molar-refractivity contribution in [2.45, 2.75) is 51.5 Å². The van der Waals surface area contributed by atoms with Crippen molar-refractivity contribution >= 4 is 17.4 Å². The minimum absolute atomic E-state index is 0.00759. The number of rotatable bonds is 8. The van der Waals surface area contributed by atoms with Crippen LogP contribution in [0.2, 0.25) is 0 Å². The van der Waals surface area contributed by atoms with E-state index in [1.807, 2.05) is 6.92 Å². The van der Waals surface area contributed by atoms with Gasteiger partial charge < -0.3 is 15.2 Å². The molecule has 4 aromatic heterocycles. The first-order valence-electron chi connectivity index (χ1n) is 12.7. The number of nitrogens with zero attached hydrogens (tertiary/aromatic N) is 7. The molecule has 0 spiro atoms. The molecule has 0 bridgehead atoms. The summed E-state index contributed by atoms with van der Waals surface area (Å²) >= 11 is 0. The van der Waals surface area contributed by atoms with Gasteiger partial charge in [-0.2, -0.15) is 28.6 Å². The first-order valence-corrected chi connectivity index (χ1v) is 12.7. The molecule has 0 atom stereocenters. The zero-order valence-corrected chi connectivity index (χ0v) is 21.6. The lowest BCUT2D eigenvalue weighted by molar-refractivity contribution is -0.141. The van der Waals surface area contributed by atoms with Gasteiger partial charge in [0.25, 0.3) is 0 Å². The smallest absolute Gasteiger partial charge is 0.346 e. The maximum absolute atomic E-state index is 13.9. The Morgan fingerprint density at radius 2 is 2.03 bits per heavy atom. The summed E-state index contributed by atoms with van der Waals surface area (Å²) in [6, 6.07) is 4.01. The van der Waals surface area contributed by atoms with Crippen LogP contribution in [0.4, 0.5) is 13.2 Å². The van der Waals surface area contributed by atoms with Gasteiger partial charge in [-0.15, -0.1) is 0 Å². The third-order valence-corrected chi connectivity index (χ3v) is 6.92. The van der Waals surface area contributed by atoms with Crippen molar-refractivity contribution in [3.63, 3.8) is 0 Å². The molecule has 39 heavy (non-hydrogen) atoms. The molecular weight excluding hydrogens is 511 g/mol. The van der Waals surface area contributed by atoms with E-state index in [0.29, 0.717) is 58.5 Å². The standard InChI is InChI=1S/C26H28F3N9O/c1-3-8-37-13-20(24(35-37)26(27,28)29)19-12-33-25-18(19)9-16(11-32-25)23-21(14-36(2)15-39)34-38(22(23)10-30)17-4-6-31-7-5-17/h9,11-13,15,17,31H,3-8,14H2,1-2H3,(H,32,33). The van der Waals surface area contributed by atoms with Gasteiger partial charge in [-0.05, 0) is 38.4 Å². The zero-order chi connectivity index (χ0) is 27.7. The summed E-state index contributed by atoms with van der Waals surface area (Å²) in [5.41, 5.74) is 1.60. The summed E-state index contributed by atoms with van der Waals surface area (Å²) in [6.07, 6.45) is 2.73. The predicted molar refractivity (Wildman–Crippen MR) is 137 cm³/mol. The second-order valence-electron chi connectivity index (χ2n) is 9.70. The Morgan fingerprint density at radius 1 is 1.26 bits per heavy atom. The van der Waals surface area contributed by atoms with E-state index in [0.717, 1.165) is 25.9 Å². The maximum Gasteiger partial charge on any atom is 0.435 e. The number of aromatic nitrogens is 6. The van der Waals surface area contributed by atoms with Crippen molar-refractivity contribution in [2.24, 2.45) is 0 Å². The van der Waals surface area contributed by atoms with Gasteiger partial charge in [0.2, 0.25) is 6.41 Å². The number of hydrogen-bond acceptors (Lipinski definition) is 6. The molecule has 10 nitrogen and oxygen atoms in total. The summed E-state index contributed by atoms with van der Waals surface area (Å²) in [5, 5.41) is 22.5. The Bertz CT molecular complexity index is 1540. The summed E-state index contributed by atoms with van der Waals surface area (Å²) in [4.78, 5) is 20.3. The van der Waals surface area contributed by atoms with Crippen LogP contribution in [0.5, 0.6) is 0 Å². The highest BCUT2D eigenvalue weighted by molar-refractivity contribution is 5.96. The molecule has 1 fully saturated rings. The molecule has 1 saturated heterocycles. The number of aromatic amines is 1. The second-order valence-corrected chi connectivity index (χ2v) is 9.70. The van der Waals surface area contributed by atoms with E-state index >= 15 is 0 Å². The third kappa shape index (κ3) is 4.99. The molecule has 5 rings (SSSR count). The molecule has 4 aromatic rings. The normalized spacial score (nSPS) is 14.6. The minimum Gasteiger partial charge on any atom is -0.346 e. The number of halogens is 3. The van der Waals surface area contributed by atoms with Crippen LogP contribution in [0.3, 0.4) is 0 Å². The van der Waals surface area contributed by atoms with Crippen LogP contribution in [-0.4, -0.2) is 61.0 Å². The predicted octanol–water partition coefficient (Wildman–Crippen LogP) is 4.10. The lowest BCUT2D eigenvalue weighted by Gasteiger charge is -2.23. The number of nitriles is 1. The van der Waals surface area contributed by atoms with Crippen molar-refractivity contribution in [2.75, 3.05) is 20.1 Å². The molecule has 1 aliphatic heterocycles. The summed E-state index contributed by atoms with van der Waals surface area (Å²) in [6.45, 7) is 3.96. The SMILES string of the molecule is CCCn1cc(-c2c[nH]c3ncc(-c4c(CN(C)C=O)nn(C5CCNCC5)c4C#N)cc23)c(C(F)(F)F)n1. The fraction of sp³-hybridized carbons (Fsp3) is 0.423. The average Bonchev–Trinajstić information content (AvgIpc) is 3.63. The van der Waals surface area contributed by atoms with Gasteiger partial charge in [0.05, 0.1) is 18.3 Å². The van der Waals surface area contributed by atoms with E-state index < -0.39 is 11.9 Å². The van der Waals surface area contributed by atoms with Crippen molar-refractivity contribution in [3.05, 3.63) is 41.7 Å². The Kier molecular flexibility index (Phi) is 7.14. The first kappa shape index (κ1) is 26.4. The monoisotopic (exact) mass is 539 g/mol. The second kappa shape index (κ2) is 10.5. The number of carbonyl (C=O) groups excluding carboxylic acids is 1. The van der Waals surface area contributed by atoms with Crippen LogP contribution in [0.1, 0.15) is 49.3 Å². The third-order valence-electron chi connectivity index (χ3n) is 6.92. The summed E-state index contributed by atoms with van der Waals surface area (Å²) < 4.78 is 44.8. The van der Waals surface area contributed by atoms with Gasteiger partial charge in [-0.25, -0.2) is 4.98 Å². The highest BCUT2D eigenvalue weighted by Gasteiger charge is 2.38. The van der Waals surface area contributed by atoms with Gasteiger partial charge in [-0.1, -0.05) is 6.92 Å². The number of aryl methyl sites for hydroxylation is 1. The van der Waals surface area contributed by atoms with Crippen molar-refractivity contribution in [1.82, 2.24) is 39.7 Å². The van der Waals surface area contributed by atoms with Gasteiger partial charge in [0.15, 0.2) is 5.69 Å². The Labute approximate surface area is 222 Å². The quantitative estimate of drug-likeness (QED) is 0.325. The first-order chi connectivity index (χ1) is 18.7. The van der Waals surface area contributed by atoms with Crippen LogP contribution < -0.4 is 5.32 Å². The molecule has 0 aromatic carbocycles. The van der Waals surface area contributed by atoms with Gasteiger partial charge >= 0.3 is 6.18 Å². The fourth-order valence-electron chi connectivity index (χ4n) is 5.13. The van der Waals surface area contributed by atoms with Crippen LogP contribution in [0.15, 0.2) is 24.7 Å².